The molecule has 0 bridgehead atoms. The van der Waals surface area contributed by atoms with Crippen LogP contribution in [-0.2, 0) is 6.61 Å². The number of hydrogen-bond donors (Lipinski definition) is 5. The highest BCUT2D eigenvalue weighted by atomic mass is 16.5. The van der Waals surface area contributed by atoms with Crippen molar-refractivity contribution in [3.05, 3.63) is 151 Å². The van der Waals surface area contributed by atoms with E-state index < -0.39 is 21.2 Å². The Balaban J connectivity index is 0.000000141. The van der Waals surface area contributed by atoms with Gasteiger partial charge in [0.15, 0.2) is 17.1 Å². The van der Waals surface area contributed by atoms with Gasteiger partial charge >= 0.3 is 21.2 Å². The van der Waals surface area contributed by atoms with Crippen molar-refractivity contribution in [1.29, 1.82) is 0 Å². The number of furan rings is 3. The van der Waals surface area contributed by atoms with Crippen molar-refractivity contribution in [1.82, 2.24) is 0 Å². The third kappa shape index (κ3) is 8.95. The minimum atomic E-state index is -1.54. The van der Waals surface area contributed by atoms with Gasteiger partial charge in [-0.15, -0.1) is 0 Å². The summed E-state index contributed by atoms with van der Waals surface area (Å²) in [6.45, 7) is 1.52. The van der Waals surface area contributed by atoms with Gasteiger partial charge in [-0.2, -0.15) is 0 Å². The zero-order valence-corrected chi connectivity index (χ0v) is 29.3. The van der Waals surface area contributed by atoms with Crippen LogP contribution in [0.15, 0.2) is 147 Å². The van der Waals surface area contributed by atoms with E-state index in [4.69, 9.17) is 42.8 Å². The Hall–Kier alpha value is -6.02. The van der Waals surface area contributed by atoms with E-state index in [2.05, 4.69) is 0 Å². The first-order valence-corrected chi connectivity index (χ1v) is 16.9. The average molecular weight is 724 g/mol. The molecule has 5 N–H and O–H groups in total. The van der Waals surface area contributed by atoms with Crippen molar-refractivity contribution in [2.24, 2.45) is 0 Å². The highest BCUT2D eigenvalue weighted by Gasteiger charge is 2.18. The molecule has 270 valence electrons. The van der Waals surface area contributed by atoms with Gasteiger partial charge in [-0.05, 0) is 58.9 Å². The molecule has 0 amide bonds. The van der Waals surface area contributed by atoms with E-state index in [9.17, 15) is 9.82 Å². The molecule has 8 aromatic rings. The zero-order valence-electron chi connectivity index (χ0n) is 29.3. The van der Waals surface area contributed by atoms with Crippen molar-refractivity contribution < 1.29 is 52.6 Å². The summed E-state index contributed by atoms with van der Waals surface area (Å²) >= 11 is 0. The van der Waals surface area contributed by atoms with Gasteiger partial charge in [-0.3, -0.25) is 4.79 Å². The summed E-state index contributed by atoms with van der Waals surface area (Å²) in [4.78, 5) is 12.2. The van der Waals surface area contributed by atoms with Crippen LogP contribution in [0.25, 0.3) is 32.9 Å². The van der Waals surface area contributed by atoms with Gasteiger partial charge in [0.1, 0.15) is 29.3 Å². The lowest BCUT2D eigenvalue weighted by molar-refractivity contribution is 0.101. The SMILES string of the molecule is COc1cccc2c(B(C)O)coc12.O=C(c1ccccc1)c1cc2cc(B(O)O)ccc2o1.OB(O)c1ccc2oc(COc3ccccc3)cc2c1. The molecule has 0 saturated heterocycles. The van der Waals surface area contributed by atoms with Gasteiger partial charge in [0, 0.05) is 21.7 Å². The zero-order chi connectivity index (χ0) is 38.2. The molecular formula is C40H35B3O11. The molecular weight excluding hydrogens is 689 g/mol. The molecule has 0 atom stereocenters. The van der Waals surface area contributed by atoms with Crippen LogP contribution < -0.4 is 25.9 Å². The summed E-state index contributed by atoms with van der Waals surface area (Å²) in [5, 5.41) is 48.4. The number of rotatable bonds is 9. The second kappa shape index (κ2) is 17.2. The molecule has 0 radical (unpaired) electrons. The molecule has 0 fully saturated rings. The molecule has 8 rings (SSSR count). The predicted octanol–water partition coefficient (Wildman–Crippen LogP) is 4.30. The fourth-order valence-electron chi connectivity index (χ4n) is 5.62. The van der Waals surface area contributed by atoms with Crippen LogP contribution in [0, 0.1) is 0 Å². The van der Waals surface area contributed by atoms with E-state index in [1.54, 1.807) is 86.9 Å². The van der Waals surface area contributed by atoms with E-state index in [1.165, 1.54) is 0 Å². The molecule has 0 spiro atoms. The van der Waals surface area contributed by atoms with Gasteiger partial charge in [0.25, 0.3) is 0 Å². The van der Waals surface area contributed by atoms with Gasteiger partial charge in [0.2, 0.25) is 5.78 Å². The molecule has 54 heavy (non-hydrogen) atoms. The van der Waals surface area contributed by atoms with E-state index in [0.717, 1.165) is 22.0 Å². The van der Waals surface area contributed by atoms with Crippen molar-refractivity contribution in [3.63, 3.8) is 0 Å². The molecule has 0 aliphatic carbocycles. The maximum atomic E-state index is 12.2. The van der Waals surface area contributed by atoms with Crippen LogP contribution >= 0.6 is 0 Å². The molecule has 0 aliphatic heterocycles. The number of ketones is 1. The Bertz CT molecular complexity index is 2450. The Morgan fingerprint density at radius 1 is 0.685 bits per heavy atom. The van der Waals surface area contributed by atoms with Gasteiger partial charge < -0.3 is 47.8 Å². The van der Waals surface area contributed by atoms with Gasteiger partial charge in [-0.1, -0.05) is 91.8 Å². The number of ether oxygens (including phenoxy) is 2. The highest BCUT2D eigenvalue weighted by molar-refractivity contribution is 6.67. The van der Waals surface area contributed by atoms with Crippen LogP contribution in [0.4, 0.5) is 0 Å². The topological polar surface area (TPSA) is 176 Å². The molecule has 3 aromatic heterocycles. The Labute approximate surface area is 311 Å². The van der Waals surface area contributed by atoms with Gasteiger partial charge in [-0.25, -0.2) is 0 Å². The number of hydrogen-bond acceptors (Lipinski definition) is 11. The lowest BCUT2D eigenvalue weighted by Crippen LogP contribution is -2.29. The number of methoxy groups -OCH3 is 1. The number of carbonyl (C=O) groups excluding carboxylic acids is 1. The third-order valence-electron chi connectivity index (χ3n) is 8.38. The van der Waals surface area contributed by atoms with E-state index >= 15 is 0 Å². The largest absolute Gasteiger partial charge is 0.493 e. The van der Waals surface area contributed by atoms with Crippen LogP contribution in [0.1, 0.15) is 21.9 Å². The second-order valence-electron chi connectivity index (χ2n) is 12.2. The number of benzene rings is 5. The Kier molecular flexibility index (Phi) is 12.0. The fourth-order valence-corrected chi connectivity index (χ4v) is 5.62. The Morgan fingerprint density at radius 3 is 1.91 bits per heavy atom. The van der Waals surface area contributed by atoms with Crippen LogP contribution in [0.5, 0.6) is 11.5 Å². The summed E-state index contributed by atoms with van der Waals surface area (Å²) in [6.07, 6.45) is 1.57. The summed E-state index contributed by atoms with van der Waals surface area (Å²) in [5.41, 5.74) is 4.05. The average Bonchev–Trinajstić information content (AvgIpc) is 3.94. The van der Waals surface area contributed by atoms with Crippen molar-refractivity contribution >= 4 is 76.2 Å². The summed E-state index contributed by atoms with van der Waals surface area (Å²) in [6, 6.07) is 37.2. The first kappa shape index (κ1) is 37.7. The lowest BCUT2D eigenvalue weighted by atomic mass is 9.64. The monoisotopic (exact) mass is 724 g/mol. The molecule has 3 heterocycles. The molecule has 5 aromatic carbocycles. The number of carbonyl (C=O) groups is 1. The fraction of sp³-hybridized carbons (Fsp3) is 0.0750. The molecule has 0 aliphatic rings. The summed E-state index contributed by atoms with van der Waals surface area (Å²) < 4.78 is 27.2. The number of para-hydroxylation sites is 2. The summed E-state index contributed by atoms with van der Waals surface area (Å²) in [7, 11) is -1.42. The minimum Gasteiger partial charge on any atom is -0.493 e. The van der Waals surface area contributed by atoms with Crippen LogP contribution in [0.2, 0.25) is 6.82 Å². The van der Waals surface area contributed by atoms with Crippen molar-refractivity contribution in [2.75, 3.05) is 7.11 Å². The second-order valence-corrected chi connectivity index (χ2v) is 12.2. The smallest absolute Gasteiger partial charge is 0.488 e. The maximum Gasteiger partial charge on any atom is 0.488 e. The van der Waals surface area contributed by atoms with Crippen molar-refractivity contribution in [2.45, 2.75) is 13.4 Å². The van der Waals surface area contributed by atoms with Crippen LogP contribution in [0.3, 0.4) is 0 Å². The molecule has 0 saturated carbocycles. The quantitative estimate of drug-likeness (QED) is 0.106. The third-order valence-corrected chi connectivity index (χ3v) is 8.38. The van der Waals surface area contributed by atoms with Crippen LogP contribution in [-0.4, -0.2) is 59.2 Å². The maximum absolute atomic E-state index is 12.2. The molecule has 11 nitrogen and oxygen atoms in total. The highest BCUT2D eigenvalue weighted by Crippen LogP contribution is 2.25. The summed E-state index contributed by atoms with van der Waals surface area (Å²) in [5.74, 6) is 2.19. The van der Waals surface area contributed by atoms with E-state index in [1.807, 2.05) is 60.7 Å². The van der Waals surface area contributed by atoms with E-state index in [0.29, 0.717) is 56.7 Å². The van der Waals surface area contributed by atoms with Gasteiger partial charge in [0.05, 0.1) is 13.4 Å². The van der Waals surface area contributed by atoms with Crippen molar-refractivity contribution in [3.8, 4) is 11.5 Å². The first-order valence-electron chi connectivity index (χ1n) is 16.9. The Morgan fingerprint density at radius 2 is 1.30 bits per heavy atom. The predicted molar refractivity (Wildman–Crippen MR) is 209 cm³/mol. The number of fused-ring (bicyclic) bond motifs is 3. The first-order chi connectivity index (χ1) is 26.1. The standard InChI is InChI=1S/C15H13BO4.C15H11BO4.C10H11BO3/c17-16(18)12-6-7-15-11(8-12)9-14(20-15)10-19-13-4-2-1-3-5-13;17-15(10-4-2-1-3-5-10)14-9-11-8-12(16(18)19)6-7-13(11)20-14;1-11(12)8-6-14-10-7(8)4-3-5-9(10)13-2/h1-9,17-18H,10H2;1-9,18-19H;3-6,12H,1-2H3. The molecule has 14 heteroatoms. The normalized spacial score (nSPS) is 10.6. The van der Waals surface area contributed by atoms with E-state index in [-0.39, 0.29) is 11.5 Å². The lowest BCUT2D eigenvalue weighted by Gasteiger charge is -2.02. The molecule has 0 unspecified atom stereocenters. The minimum absolute atomic E-state index is 0.201.